The molecule has 11 aliphatic carbocycles. The Bertz CT molecular complexity index is 1950. The summed E-state index contributed by atoms with van der Waals surface area (Å²) in [5, 5.41) is 25.3. The fourth-order valence-corrected chi connectivity index (χ4v) is 18.5. The van der Waals surface area contributed by atoms with Gasteiger partial charge in [-0.1, -0.05) is 36.4 Å². The summed E-state index contributed by atoms with van der Waals surface area (Å²) in [6.45, 7) is 0. The first-order valence-corrected chi connectivity index (χ1v) is 18.8. The highest BCUT2D eigenvalue weighted by molar-refractivity contribution is 5.99. The van der Waals surface area contributed by atoms with Crippen molar-refractivity contribution in [1.29, 1.82) is 10.5 Å². The van der Waals surface area contributed by atoms with Gasteiger partial charge in [0.15, 0.2) is 0 Å². The van der Waals surface area contributed by atoms with Crippen LogP contribution >= 0.6 is 0 Å². The molecule has 0 amide bonds. The van der Waals surface area contributed by atoms with E-state index in [-0.39, 0.29) is 0 Å². The second kappa shape index (κ2) is 7.08. The van der Waals surface area contributed by atoms with Crippen LogP contribution in [0.1, 0.15) is 55.1 Å². The summed E-state index contributed by atoms with van der Waals surface area (Å²) in [5.41, 5.74) is 5.37. The molecule has 45 heavy (non-hydrogen) atoms. The SMILES string of the molecule is N#CC(C#N)=C1[C@H]2CC[C@@H]1[C@@H]1[C@@H]3C[C@@H]([C@@H]4[C@H]3[C@@H]3[C@@H]5[C@@H]6C[C@H]([C@@H]5[C@@H]43)[C@H]3[C@@H]6[C@@H]4[C@H]3[C@@H]3C[C@H]4c4cc5cc6ccccc6cc5cc43)[C@@H]12. The monoisotopic (exact) mass is 582 g/mol. The van der Waals surface area contributed by atoms with Crippen molar-refractivity contribution in [3.8, 4) is 12.1 Å². The van der Waals surface area contributed by atoms with Crippen LogP contribution in [-0.2, 0) is 0 Å². The van der Waals surface area contributed by atoms with Crippen LogP contribution in [0.25, 0.3) is 21.5 Å². The van der Waals surface area contributed by atoms with E-state index in [9.17, 15) is 10.5 Å². The summed E-state index contributed by atoms with van der Waals surface area (Å²) in [5.74, 6) is 18.9. The zero-order valence-corrected chi connectivity index (χ0v) is 25.6. The van der Waals surface area contributed by atoms with Gasteiger partial charge >= 0.3 is 0 Å². The van der Waals surface area contributed by atoms with Gasteiger partial charge in [0.25, 0.3) is 0 Å². The molecule has 3 aromatic carbocycles. The number of hydrogen-bond acceptors (Lipinski definition) is 2. The second-order valence-corrected chi connectivity index (χ2v) is 18.4. The maximum atomic E-state index is 9.83. The van der Waals surface area contributed by atoms with Crippen molar-refractivity contribution in [2.24, 2.45) is 107 Å². The number of rotatable bonds is 0. The molecule has 0 unspecified atom stereocenters. The molecule has 0 aliphatic heterocycles. The summed E-state index contributed by atoms with van der Waals surface area (Å²) < 4.78 is 0. The van der Waals surface area contributed by atoms with Gasteiger partial charge in [0.1, 0.15) is 17.7 Å². The number of fused-ring (bicyclic) bond motifs is 37. The average Bonchev–Trinajstić information content (AvgIpc) is 3.90. The normalized spacial score (nSPS) is 55.9. The van der Waals surface area contributed by atoms with Crippen molar-refractivity contribution < 1.29 is 0 Å². The first-order chi connectivity index (χ1) is 22.2. The number of allylic oxidation sites excluding steroid dienone is 2. The van der Waals surface area contributed by atoms with E-state index >= 15 is 0 Å². The molecule has 3 aromatic rings. The van der Waals surface area contributed by atoms with Crippen LogP contribution in [0.3, 0.4) is 0 Å². The van der Waals surface area contributed by atoms with Gasteiger partial charge in [-0.05, 0) is 201 Å². The fraction of sp³-hybridized carbons (Fsp3) is 0.581. The fourth-order valence-electron chi connectivity index (χ4n) is 18.5. The number of hydrogen-bond donors (Lipinski definition) is 0. The zero-order valence-electron chi connectivity index (χ0n) is 25.6. The first-order valence-electron chi connectivity index (χ1n) is 18.8. The third kappa shape index (κ3) is 2.17. The Morgan fingerprint density at radius 3 is 1.38 bits per heavy atom. The van der Waals surface area contributed by atoms with Gasteiger partial charge in [0.05, 0.1) is 0 Å². The van der Waals surface area contributed by atoms with Crippen molar-refractivity contribution in [2.75, 3.05) is 0 Å². The minimum absolute atomic E-state index is 0.515. The third-order valence-electron chi connectivity index (χ3n) is 18.5. The molecular formula is C43H38N2. The van der Waals surface area contributed by atoms with E-state index in [1.165, 1.54) is 52.8 Å². The maximum Gasteiger partial charge on any atom is 0.129 e. The molecule has 0 saturated heterocycles. The molecule has 10 fully saturated rings. The third-order valence-corrected chi connectivity index (χ3v) is 18.5. The van der Waals surface area contributed by atoms with Gasteiger partial charge in [0.2, 0.25) is 0 Å². The molecule has 2 nitrogen and oxygen atoms in total. The van der Waals surface area contributed by atoms with E-state index in [1.54, 1.807) is 17.5 Å². The largest absolute Gasteiger partial charge is 0.192 e. The van der Waals surface area contributed by atoms with Gasteiger partial charge in [-0.2, -0.15) is 10.5 Å². The Balaban J connectivity index is 0.808. The van der Waals surface area contributed by atoms with Crippen molar-refractivity contribution in [3.63, 3.8) is 0 Å². The van der Waals surface area contributed by atoms with Crippen molar-refractivity contribution in [1.82, 2.24) is 0 Å². The van der Waals surface area contributed by atoms with Crippen LogP contribution in [0.15, 0.2) is 59.7 Å². The molecule has 0 heterocycles. The lowest BCUT2D eigenvalue weighted by Gasteiger charge is -2.75. The Labute approximate surface area is 264 Å². The maximum absolute atomic E-state index is 9.83. The van der Waals surface area contributed by atoms with Crippen LogP contribution in [0.5, 0.6) is 0 Å². The average molecular weight is 583 g/mol. The van der Waals surface area contributed by atoms with Crippen LogP contribution in [0.2, 0.25) is 0 Å². The molecule has 14 rings (SSSR count). The lowest BCUT2D eigenvalue weighted by atomic mass is 9.29. The highest BCUT2D eigenvalue weighted by Crippen LogP contribution is 2.90. The highest BCUT2D eigenvalue weighted by Gasteiger charge is 2.85. The summed E-state index contributed by atoms with van der Waals surface area (Å²) >= 11 is 0. The van der Waals surface area contributed by atoms with Gasteiger partial charge in [0, 0.05) is 0 Å². The van der Waals surface area contributed by atoms with E-state index < -0.39 is 0 Å². The van der Waals surface area contributed by atoms with E-state index in [2.05, 4.69) is 60.7 Å². The topological polar surface area (TPSA) is 47.6 Å². The quantitative estimate of drug-likeness (QED) is 0.115. The smallest absolute Gasteiger partial charge is 0.129 e. The second-order valence-electron chi connectivity index (χ2n) is 18.4. The standard InChI is InChI=1S/C43H38N2/c44-14-20(15-45)31-21-5-6-22(31)33-28-12-27(32(21)33)38-39(28)43-41-30-13-29(40(41)42(38)43)36-34-25-11-26(35(34)37(30)36)24-10-19-8-17-4-2-1-3-16(17)7-18(19)9-23(24)25/h1-4,7-10,21-22,25-30,32-43H,5-6,11-13H2/t21-,22+,25-,26+,27-,28+,29+,30-,32+,33-,34-,35+,36-,37+,38-,39+,40+,41-,42-,43-/m1/s1. The molecule has 0 radical (unpaired) electrons. The molecule has 20 atom stereocenters. The van der Waals surface area contributed by atoms with Crippen LogP contribution in [0.4, 0.5) is 0 Å². The molecule has 11 aliphatic rings. The first kappa shape index (κ1) is 23.3. The van der Waals surface area contributed by atoms with Crippen molar-refractivity contribution in [3.05, 3.63) is 70.8 Å². The zero-order chi connectivity index (χ0) is 28.8. The summed E-state index contributed by atoms with van der Waals surface area (Å²) in [6.07, 6.45) is 7.10. The number of nitriles is 2. The molecule has 0 N–H and O–H groups in total. The highest BCUT2D eigenvalue weighted by atomic mass is 14.9. The molecular weight excluding hydrogens is 544 g/mol. The Morgan fingerprint density at radius 1 is 0.467 bits per heavy atom. The predicted molar refractivity (Wildman–Crippen MR) is 171 cm³/mol. The Hall–Kier alpha value is -3.10. The molecule has 220 valence electrons. The predicted octanol–water partition coefficient (Wildman–Crippen LogP) is 8.70. The summed E-state index contributed by atoms with van der Waals surface area (Å²) in [4.78, 5) is 0. The Kier molecular flexibility index (Phi) is 3.66. The van der Waals surface area contributed by atoms with Crippen LogP contribution in [0, 0.1) is 129 Å². The molecule has 0 aromatic heterocycles. The number of nitrogens with zero attached hydrogens (tertiary/aromatic N) is 2. The van der Waals surface area contributed by atoms with Gasteiger partial charge in [-0.15, -0.1) is 0 Å². The molecule has 8 bridgehead atoms. The lowest BCUT2D eigenvalue weighted by molar-refractivity contribution is -0.286. The minimum atomic E-state index is 0.515. The molecule has 2 heteroatoms. The van der Waals surface area contributed by atoms with Gasteiger partial charge < -0.3 is 0 Å². The van der Waals surface area contributed by atoms with Gasteiger partial charge in [-0.25, -0.2) is 0 Å². The van der Waals surface area contributed by atoms with E-state index in [0.29, 0.717) is 17.4 Å². The van der Waals surface area contributed by atoms with E-state index in [0.717, 1.165) is 107 Å². The van der Waals surface area contributed by atoms with Gasteiger partial charge in [-0.3, -0.25) is 0 Å². The van der Waals surface area contributed by atoms with Crippen molar-refractivity contribution >= 4 is 21.5 Å². The van der Waals surface area contributed by atoms with Crippen LogP contribution in [-0.4, -0.2) is 0 Å². The van der Waals surface area contributed by atoms with E-state index in [1.807, 2.05) is 0 Å². The van der Waals surface area contributed by atoms with Crippen LogP contribution < -0.4 is 0 Å². The lowest BCUT2D eigenvalue weighted by Crippen LogP contribution is -2.72. The summed E-state index contributed by atoms with van der Waals surface area (Å²) in [6, 6.07) is 23.8. The Morgan fingerprint density at radius 2 is 0.911 bits per heavy atom. The molecule has 10 saturated carbocycles. The van der Waals surface area contributed by atoms with E-state index in [4.69, 9.17) is 0 Å². The minimum Gasteiger partial charge on any atom is -0.192 e. The number of benzene rings is 3. The summed E-state index contributed by atoms with van der Waals surface area (Å²) in [7, 11) is 0. The molecule has 0 spiro atoms. The van der Waals surface area contributed by atoms with Crippen molar-refractivity contribution in [2.45, 2.75) is 43.9 Å².